The predicted molar refractivity (Wildman–Crippen MR) is 141 cm³/mol. The Bertz CT molecular complexity index is 1510. The molecule has 1 N–H and O–H groups in total. The van der Waals surface area contributed by atoms with Crippen molar-refractivity contribution in [3.8, 4) is 11.5 Å². The highest BCUT2D eigenvalue weighted by Crippen LogP contribution is 2.57. The van der Waals surface area contributed by atoms with Crippen LogP contribution < -0.4 is 10.1 Å². The zero-order valence-corrected chi connectivity index (χ0v) is 21.7. The molecular formula is C29H32N4O4. The Morgan fingerprint density at radius 2 is 2.00 bits per heavy atom. The molecule has 0 radical (unpaired) electrons. The molecule has 3 aromatic heterocycles. The van der Waals surface area contributed by atoms with Crippen molar-refractivity contribution in [2.45, 2.75) is 58.0 Å². The van der Waals surface area contributed by atoms with Crippen LogP contribution in [0.15, 0.2) is 41.1 Å². The van der Waals surface area contributed by atoms with E-state index in [4.69, 9.17) is 9.15 Å². The van der Waals surface area contributed by atoms with E-state index in [0.29, 0.717) is 34.0 Å². The molecule has 4 heterocycles. The van der Waals surface area contributed by atoms with Crippen LogP contribution in [0.25, 0.3) is 16.5 Å². The van der Waals surface area contributed by atoms with Gasteiger partial charge in [0.1, 0.15) is 22.6 Å². The molecule has 37 heavy (non-hydrogen) atoms. The second-order valence-corrected chi connectivity index (χ2v) is 10.9. The van der Waals surface area contributed by atoms with Crippen molar-refractivity contribution in [2.75, 3.05) is 13.6 Å². The molecule has 1 atom stereocenters. The molecule has 3 saturated carbocycles. The Morgan fingerprint density at radius 1 is 1.24 bits per heavy atom. The van der Waals surface area contributed by atoms with Gasteiger partial charge in [-0.05, 0) is 83.7 Å². The largest absolute Gasteiger partial charge is 0.460 e. The lowest BCUT2D eigenvalue weighted by atomic mass is 9.50. The number of carbonyl (C=O) groups is 2. The van der Waals surface area contributed by atoms with Gasteiger partial charge >= 0.3 is 0 Å². The van der Waals surface area contributed by atoms with E-state index in [9.17, 15) is 9.59 Å². The molecule has 192 valence electrons. The minimum Gasteiger partial charge on any atom is -0.460 e. The van der Waals surface area contributed by atoms with Crippen LogP contribution in [0.3, 0.4) is 0 Å². The number of hydrogen-bond acceptors (Lipinski definition) is 6. The van der Waals surface area contributed by atoms with Crippen LogP contribution >= 0.6 is 0 Å². The topological polar surface area (TPSA) is 89.1 Å². The molecule has 8 nitrogen and oxygen atoms in total. The summed E-state index contributed by atoms with van der Waals surface area (Å²) < 4.78 is 13.7. The molecule has 8 rings (SSSR count). The Kier molecular flexibility index (Phi) is 5.60. The fraction of sp³-hybridized carbons (Fsp3) is 0.414. The van der Waals surface area contributed by atoms with E-state index < -0.39 is 0 Å². The van der Waals surface area contributed by atoms with Gasteiger partial charge in [0.15, 0.2) is 12.0 Å². The van der Waals surface area contributed by atoms with Crippen LogP contribution in [-0.2, 0) is 0 Å². The predicted octanol–water partition coefficient (Wildman–Crippen LogP) is 5.29. The number of nitrogens with one attached hydrogen (secondary N) is 1. The summed E-state index contributed by atoms with van der Waals surface area (Å²) in [4.78, 5) is 26.6. The number of likely N-dealkylation sites (tertiary alicyclic amines) is 1. The maximum Gasteiger partial charge on any atom is 0.255 e. The lowest BCUT2D eigenvalue weighted by Crippen LogP contribution is -2.68. The lowest BCUT2D eigenvalue weighted by molar-refractivity contribution is -0.0438. The molecule has 1 unspecified atom stereocenters. The number of amides is 1. The van der Waals surface area contributed by atoms with Crippen LogP contribution in [0, 0.1) is 19.8 Å². The zero-order chi connectivity index (χ0) is 25.9. The van der Waals surface area contributed by atoms with E-state index >= 15 is 0 Å². The highest BCUT2D eigenvalue weighted by molar-refractivity contribution is 6.07. The Balaban J connectivity index is 0.000000372. The van der Waals surface area contributed by atoms with Crippen molar-refractivity contribution in [2.24, 2.45) is 5.92 Å². The molecule has 2 bridgehead atoms. The first-order valence-electron chi connectivity index (χ1n) is 12.9. The lowest BCUT2D eigenvalue weighted by Gasteiger charge is -2.61. The molecule has 1 amide bonds. The van der Waals surface area contributed by atoms with E-state index in [0.717, 1.165) is 54.0 Å². The Hall–Kier alpha value is -3.65. The van der Waals surface area contributed by atoms with Gasteiger partial charge in [0.05, 0.1) is 11.8 Å². The van der Waals surface area contributed by atoms with E-state index in [2.05, 4.69) is 29.3 Å². The van der Waals surface area contributed by atoms with Gasteiger partial charge in [-0.2, -0.15) is 5.10 Å². The SMILES string of the molecule is CC1CCN1C.Cc1oc2cc(Oc3ccnn4cc(C=O)c(C)c34)ccc2c1C(=O)NC12CC(C1)C2. The number of nitrogens with zero attached hydrogens (tertiary/aromatic N) is 3. The highest BCUT2D eigenvalue weighted by Gasteiger charge is 2.57. The van der Waals surface area contributed by atoms with E-state index in [1.165, 1.54) is 13.0 Å². The molecule has 0 spiro atoms. The van der Waals surface area contributed by atoms with Crippen LogP contribution in [-0.4, -0.2) is 51.9 Å². The summed E-state index contributed by atoms with van der Waals surface area (Å²) >= 11 is 0. The van der Waals surface area contributed by atoms with Gasteiger partial charge in [-0.3, -0.25) is 9.59 Å². The second kappa shape index (κ2) is 8.73. The van der Waals surface area contributed by atoms with Crippen LogP contribution in [0.2, 0.25) is 0 Å². The first-order valence-corrected chi connectivity index (χ1v) is 12.9. The molecule has 4 aromatic rings. The van der Waals surface area contributed by atoms with Crippen LogP contribution in [0.4, 0.5) is 0 Å². The minimum absolute atomic E-state index is 0.0169. The van der Waals surface area contributed by atoms with E-state index in [1.54, 1.807) is 29.0 Å². The minimum atomic E-state index is -0.0656. The first kappa shape index (κ1) is 23.7. The number of ether oxygens (including phenoxy) is 1. The van der Waals surface area contributed by atoms with Crippen LogP contribution in [0.1, 0.15) is 64.6 Å². The summed E-state index contributed by atoms with van der Waals surface area (Å²) in [5.41, 5.74) is 3.32. The van der Waals surface area contributed by atoms with Gasteiger partial charge in [-0.15, -0.1) is 0 Å². The molecule has 1 saturated heterocycles. The number of hydrogen-bond donors (Lipinski definition) is 1. The second-order valence-electron chi connectivity index (χ2n) is 10.9. The number of aldehydes is 1. The zero-order valence-electron chi connectivity index (χ0n) is 21.7. The van der Waals surface area contributed by atoms with Crippen molar-refractivity contribution in [1.82, 2.24) is 19.8 Å². The van der Waals surface area contributed by atoms with Gasteiger partial charge in [-0.25, -0.2) is 4.52 Å². The quantitative estimate of drug-likeness (QED) is 0.374. The summed E-state index contributed by atoms with van der Waals surface area (Å²) in [6.07, 6.45) is 8.80. The monoisotopic (exact) mass is 500 g/mol. The molecule has 8 heteroatoms. The van der Waals surface area contributed by atoms with Crippen LogP contribution in [0.5, 0.6) is 11.5 Å². The normalized spacial score (nSPS) is 23.9. The third kappa shape index (κ3) is 4.00. The van der Waals surface area contributed by atoms with Gasteiger partial charge in [0.2, 0.25) is 0 Å². The molecule has 3 aliphatic carbocycles. The third-order valence-electron chi connectivity index (χ3n) is 8.42. The van der Waals surface area contributed by atoms with Gasteiger partial charge < -0.3 is 19.4 Å². The number of benzene rings is 1. The standard InChI is InChI=1S/C24H21N3O4.C5H11N/c1-13-16(12-28)11-27-22(13)19(5-6-25-27)31-17-3-4-18-20(7-17)30-14(2)21(18)23(29)26-24-8-15(9-24)10-24;1-5-3-4-6(5)2/h3-7,11-12,15H,8-10H2,1-2H3,(H,26,29);5H,3-4H2,1-2H3. The number of aryl methyl sites for hydroxylation is 2. The smallest absolute Gasteiger partial charge is 0.255 e. The summed E-state index contributed by atoms with van der Waals surface area (Å²) in [6, 6.07) is 8.10. The number of fused-ring (bicyclic) bond motifs is 2. The number of aromatic nitrogens is 2. The number of rotatable bonds is 5. The van der Waals surface area contributed by atoms with Gasteiger partial charge in [0.25, 0.3) is 5.91 Å². The highest BCUT2D eigenvalue weighted by atomic mass is 16.5. The van der Waals surface area contributed by atoms with Crippen molar-refractivity contribution in [3.05, 3.63) is 59.1 Å². The fourth-order valence-corrected chi connectivity index (χ4v) is 5.70. The van der Waals surface area contributed by atoms with Crippen molar-refractivity contribution >= 4 is 28.7 Å². The first-order chi connectivity index (χ1) is 17.8. The van der Waals surface area contributed by atoms with E-state index in [1.807, 2.05) is 26.0 Å². The molecule has 1 aliphatic heterocycles. The summed E-state index contributed by atoms with van der Waals surface area (Å²) in [7, 11) is 2.16. The maximum absolute atomic E-state index is 12.9. The molecule has 4 aliphatic rings. The molecule has 1 aromatic carbocycles. The average Bonchev–Trinajstić information content (AvgIpc) is 3.35. The van der Waals surface area contributed by atoms with Crippen molar-refractivity contribution in [3.63, 3.8) is 0 Å². The third-order valence-corrected chi connectivity index (χ3v) is 8.42. The maximum atomic E-state index is 12.9. The van der Waals surface area contributed by atoms with Gasteiger partial charge in [-0.1, -0.05) is 0 Å². The molecular weight excluding hydrogens is 468 g/mol. The Labute approximate surface area is 215 Å². The number of carbonyl (C=O) groups excluding carboxylic acids is 2. The van der Waals surface area contributed by atoms with Gasteiger partial charge in [0, 0.05) is 40.9 Å². The fourth-order valence-electron chi connectivity index (χ4n) is 5.70. The Morgan fingerprint density at radius 3 is 2.59 bits per heavy atom. The molecule has 4 fully saturated rings. The average molecular weight is 501 g/mol. The number of furan rings is 1. The van der Waals surface area contributed by atoms with Crippen molar-refractivity contribution < 1.29 is 18.7 Å². The summed E-state index contributed by atoms with van der Waals surface area (Å²) in [5, 5.41) is 8.24. The van der Waals surface area contributed by atoms with Crippen molar-refractivity contribution in [1.29, 1.82) is 0 Å². The summed E-state index contributed by atoms with van der Waals surface area (Å²) in [5.74, 6) is 2.50. The van der Waals surface area contributed by atoms with E-state index in [-0.39, 0.29) is 11.4 Å². The summed E-state index contributed by atoms with van der Waals surface area (Å²) in [6.45, 7) is 7.24.